The molecule has 1 aromatic rings. The molecule has 2 heteroatoms. The van der Waals surface area contributed by atoms with Gasteiger partial charge in [-0.05, 0) is 12.5 Å². The van der Waals surface area contributed by atoms with Crippen molar-refractivity contribution in [3.05, 3.63) is 35.9 Å². The summed E-state index contributed by atoms with van der Waals surface area (Å²) >= 11 is 0. The molecule has 0 N–H and O–H groups in total. The summed E-state index contributed by atoms with van der Waals surface area (Å²) in [6, 6.07) is 10.7. The van der Waals surface area contributed by atoms with Gasteiger partial charge in [-0.15, -0.1) is 0 Å². The summed E-state index contributed by atoms with van der Waals surface area (Å²) in [6.07, 6.45) is 1.18. The van der Waals surface area contributed by atoms with Crippen molar-refractivity contribution in [2.24, 2.45) is 0 Å². The summed E-state index contributed by atoms with van der Waals surface area (Å²) in [6.45, 7) is 4.67. The van der Waals surface area contributed by atoms with Crippen LogP contribution in [-0.2, 0) is 39.1 Å². The van der Waals surface area contributed by atoms with Crippen molar-refractivity contribution in [1.82, 2.24) is 0 Å². The van der Waals surface area contributed by atoms with Crippen LogP contribution in [0.2, 0.25) is 0 Å². The standard InChI is InChI=1S/C12H20N.Y/c1-4-13(2,3)11-10-12-8-6-5-7-9-12;/h5-9H,4,10-11H2,1-3H3;/q+1;. The Morgan fingerprint density at radius 3 is 2.14 bits per heavy atom. The minimum atomic E-state index is 0. The Kier molecular flexibility index (Phi) is 6.85. The molecule has 0 saturated carbocycles. The Hall–Kier alpha value is 0.284. The van der Waals surface area contributed by atoms with Crippen LogP contribution in [0.3, 0.4) is 0 Å². The number of likely N-dealkylation sites (N-methyl/N-ethyl adjacent to an activating group) is 1. The molecule has 0 aromatic heterocycles. The largest absolute Gasteiger partial charge is 0.328 e. The predicted molar refractivity (Wildman–Crippen MR) is 57.7 cm³/mol. The minimum Gasteiger partial charge on any atom is -0.328 e. The zero-order valence-electron chi connectivity index (χ0n) is 9.53. The molecule has 0 saturated heterocycles. The summed E-state index contributed by atoms with van der Waals surface area (Å²) < 4.78 is 1.11. The number of rotatable bonds is 4. The zero-order valence-corrected chi connectivity index (χ0v) is 12.4. The van der Waals surface area contributed by atoms with Gasteiger partial charge in [0.15, 0.2) is 0 Å². The molecule has 1 aromatic carbocycles. The van der Waals surface area contributed by atoms with Gasteiger partial charge in [0.25, 0.3) is 0 Å². The Morgan fingerprint density at radius 2 is 1.64 bits per heavy atom. The first-order valence-corrected chi connectivity index (χ1v) is 5.00. The third-order valence-electron chi connectivity index (χ3n) is 2.70. The third kappa shape index (κ3) is 5.24. The molecule has 0 atom stereocenters. The number of hydrogen-bond acceptors (Lipinski definition) is 0. The van der Waals surface area contributed by atoms with Crippen molar-refractivity contribution in [2.45, 2.75) is 13.3 Å². The third-order valence-corrected chi connectivity index (χ3v) is 2.70. The van der Waals surface area contributed by atoms with Crippen molar-refractivity contribution >= 4 is 0 Å². The second kappa shape index (κ2) is 6.71. The molecule has 0 heterocycles. The summed E-state index contributed by atoms with van der Waals surface area (Å²) in [5.74, 6) is 0. The molecule has 0 aliphatic heterocycles. The second-order valence-corrected chi connectivity index (χ2v) is 4.21. The van der Waals surface area contributed by atoms with Crippen LogP contribution >= 0.6 is 0 Å². The minimum absolute atomic E-state index is 0. The summed E-state index contributed by atoms with van der Waals surface area (Å²) in [5.41, 5.74) is 1.45. The van der Waals surface area contributed by atoms with Crippen molar-refractivity contribution < 1.29 is 37.2 Å². The average molecular weight is 267 g/mol. The SMILES string of the molecule is CC[N+](C)(C)CCc1ccccc1.[Y]. The van der Waals surface area contributed by atoms with E-state index in [1.807, 2.05) is 0 Å². The molecular formula is C12H20NY+. The summed E-state index contributed by atoms with van der Waals surface area (Å²) in [7, 11) is 4.56. The van der Waals surface area contributed by atoms with Crippen LogP contribution in [0.15, 0.2) is 30.3 Å². The molecule has 0 unspecified atom stereocenters. The first-order chi connectivity index (χ1) is 6.14. The van der Waals surface area contributed by atoms with Crippen molar-refractivity contribution in [2.75, 3.05) is 27.2 Å². The Balaban J connectivity index is 0.00000169. The molecule has 1 nitrogen and oxygen atoms in total. The van der Waals surface area contributed by atoms with Crippen molar-refractivity contribution in [3.8, 4) is 0 Å². The van der Waals surface area contributed by atoms with Gasteiger partial charge in [-0.1, -0.05) is 30.3 Å². The van der Waals surface area contributed by atoms with Gasteiger partial charge in [0.1, 0.15) is 0 Å². The van der Waals surface area contributed by atoms with Crippen LogP contribution in [0.1, 0.15) is 12.5 Å². The van der Waals surface area contributed by atoms with Gasteiger partial charge < -0.3 is 4.48 Å². The first kappa shape index (κ1) is 14.3. The van der Waals surface area contributed by atoms with Gasteiger partial charge in [-0.2, -0.15) is 0 Å². The van der Waals surface area contributed by atoms with Gasteiger partial charge in [0.2, 0.25) is 0 Å². The van der Waals surface area contributed by atoms with Gasteiger partial charge >= 0.3 is 0 Å². The van der Waals surface area contributed by atoms with Crippen LogP contribution in [0, 0.1) is 0 Å². The Morgan fingerprint density at radius 1 is 1.07 bits per heavy atom. The molecule has 0 spiro atoms. The van der Waals surface area contributed by atoms with E-state index in [-0.39, 0.29) is 32.7 Å². The van der Waals surface area contributed by atoms with Crippen LogP contribution in [0.25, 0.3) is 0 Å². The first-order valence-electron chi connectivity index (χ1n) is 5.00. The van der Waals surface area contributed by atoms with E-state index in [0.29, 0.717) is 0 Å². The summed E-state index contributed by atoms with van der Waals surface area (Å²) in [4.78, 5) is 0. The maximum atomic E-state index is 2.28. The van der Waals surface area contributed by atoms with Gasteiger partial charge in [-0.25, -0.2) is 0 Å². The second-order valence-electron chi connectivity index (χ2n) is 4.21. The number of nitrogens with zero attached hydrogens (tertiary/aromatic N) is 1. The van der Waals surface area contributed by atoms with E-state index in [2.05, 4.69) is 51.4 Å². The molecule has 0 aliphatic carbocycles. The molecule has 1 radical (unpaired) electrons. The molecule has 0 bridgehead atoms. The van der Waals surface area contributed by atoms with Crippen LogP contribution in [0.4, 0.5) is 0 Å². The van der Waals surface area contributed by atoms with E-state index in [1.165, 1.54) is 25.1 Å². The predicted octanol–water partition coefficient (Wildman–Crippen LogP) is 2.32. The van der Waals surface area contributed by atoms with E-state index in [0.717, 1.165) is 4.48 Å². The maximum Gasteiger partial charge on any atom is 0.0823 e. The van der Waals surface area contributed by atoms with Crippen LogP contribution in [-0.4, -0.2) is 31.7 Å². The molecule has 0 fully saturated rings. The maximum absolute atomic E-state index is 2.28. The normalized spacial score (nSPS) is 10.8. The topological polar surface area (TPSA) is 0 Å². The van der Waals surface area contributed by atoms with E-state index in [9.17, 15) is 0 Å². The van der Waals surface area contributed by atoms with Gasteiger partial charge in [0, 0.05) is 39.1 Å². The van der Waals surface area contributed by atoms with E-state index in [1.54, 1.807) is 0 Å². The fraction of sp³-hybridized carbons (Fsp3) is 0.500. The van der Waals surface area contributed by atoms with E-state index in [4.69, 9.17) is 0 Å². The zero-order chi connectivity index (χ0) is 9.73. The monoisotopic (exact) mass is 267 g/mol. The molecule has 75 valence electrons. The smallest absolute Gasteiger partial charge is 0.0823 e. The molecule has 1 rings (SSSR count). The molecule has 0 aliphatic rings. The summed E-state index contributed by atoms with van der Waals surface area (Å²) in [5, 5.41) is 0. The molecule has 0 amide bonds. The fourth-order valence-electron chi connectivity index (χ4n) is 1.23. The average Bonchev–Trinajstić information content (AvgIpc) is 2.17. The number of quaternary nitrogens is 1. The number of benzene rings is 1. The quantitative estimate of drug-likeness (QED) is 0.734. The molecule has 14 heavy (non-hydrogen) atoms. The van der Waals surface area contributed by atoms with Crippen LogP contribution in [0.5, 0.6) is 0 Å². The molecular weight excluding hydrogens is 247 g/mol. The van der Waals surface area contributed by atoms with Crippen molar-refractivity contribution in [1.29, 1.82) is 0 Å². The van der Waals surface area contributed by atoms with Crippen molar-refractivity contribution in [3.63, 3.8) is 0 Å². The number of hydrogen-bond donors (Lipinski definition) is 0. The van der Waals surface area contributed by atoms with Crippen LogP contribution < -0.4 is 0 Å². The Bertz CT molecular complexity index is 244. The Labute approximate surface area is 113 Å². The van der Waals surface area contributed by atoms with E-state index < -0.39 is 0 Å². The van der Waals surface area contributed by atoms with Gasteiger partial charge in [0.05, 0.1) is 27.2 Å². The fourth-order valence-corrected chi connectivity index (χ4v) is 1.23. The van der Waals surface area contributed by atoms with Gasteiger partial charge in [-0.3, -0.25) is 0 Å². The van der Waals surface area contributed by atoms with E-state index >= 15 is 0 Å².